The Morgan fingerprint density at radius 3 is 2.92 bits per heavy atom. The molecule has 1 N–H and O–H groups in total. The molecule has 0 radical (unpaired) electrons. The van der Waals surface area contributed by atoms with Crippen LogP contribution in [0.2, 0.25) is 0 Å². The van der Waals surface area contributed by atoms with Gasteiger partial charge in [0.1, 0.15) is 5.75 Å². The molecule has 2 aliphatic rings. The van der Waals surface area contributed by atoms with Crippen molar-refractivity contribution in [1.82, 2.24) is 20.0 Å². The van der Waals surface area contributed by atoms with E-state index in [1.807, 2.05) is 24.0 Å². The number of morpholine rings is 1. The molecule has 1 fully saturated rings. The van der Waals surface area contributed by atoms with Crippen molar-refractivity contribution in [3.63, 3.8) is 0 Å². The van der Waals surface area contributed by atoms with Crippen molar-refractivity contribution in [2.45, 2.75) is 31.0 Å². The third-order valence-electron chi connectivity index (χ3n) is 5.52. The molecule has 2 aromatic rings. The summed E-state index contributed by atoms with van der Waals surface area (Å²) in [7, 11) is 4.17. The summed E-state index contributed by atoms with van der Waals surface area (Å²) in [6.07, 6.45) is 4.10. The van der Waals surface area contributed by atoms with E-state index in [2.05, 4.69) is 46.6 Å². The van der Waals surface area contributed by atoms with Gasteiger partial charge < -0.3 is 14.8 Å². The Bertz CT molecular complexity index is 732. The number of hydrogen-bond acceptors (Lipinski definition) is 5. The van der Waals surface area contributed by atoms with Crippen LogP contribution in [0.25, 0.3) is 0 Å². The zero-order valence-corrected chi connectivity index (χ0v) is 15.6. The van der Waals surface area contributed by atoms with Crippen molar-refractivity contribution < 1.29 is 9.47 Å². The van der Waals surface area contributed by atoms with Crippen LogP contribution >= 0.6 is 0 Å². The number of para-hydroxylation sites is 1. The van der Waals surface area contributed by atoms with Crippen LogP contribution in [-0.4, -0.2) is 54.1 Å². The van der Waals surface area contributed by atoms with Crippen LogP contribution in [0, 0.1) is 0 Å². The number of benzene rings is 1. The fraction of sp³-hybridized carbons (Fsp3) is 0.550. The van der Waals surface area contributed by atoms with Crippen molar-refractivity contribution in [1.29, 1.82) is 0 Å². The molecule has 1 aromatic carbocycles. The van der Waals surface area contributed by atoms with Gasteiger partial charge in [0.2, 0.25) is 0 Å². The molecule has 140 valence electrons. The van der Waals surface area contributed by atoms with Gasteiger partial charge in [0.05, 0.1) is 31.1 Å². The highest BCUT2D eigenvalue weighted by Gasteiger charge is 2.34. The first-order chi connectivity index (χ1) is 12.7. The smallest absolute Gasteiger partial charge is 0.124 e. The molecule has 0 bridgehead atoms. The summed E-state index contributed by atoms with van der Waals surface area (Å²) in [5, 5.41) is 8.11. The Balaban J connectivity index is 1.50. The standard InChI is InChI=1S/C20H28N4O2/c1-23-11-13-26-19(20(23)17-9-10-22-24(17)2)14-21-16-7-5-12-25-18-8-4-3-6-15(16)18/h3-4,6,8-10,16,19-21H,5,7,11-14H2,1-2H3/t16?,19-,20-/m0/s1. The van der Waals surface area contributed by atoms with E-state index >= 15 is 0 Å². The summed E-state index contributed by atoms with van der Waals surface area (Å²) < 4.78 is 14.0. The average Bonchev–Trinajstić information content (AvgIpc) is 2.96. The minimum Gasteiger partial charge on any atom is -0.493 e. The number of likely N-dealkylation sites (N-methyl/N-ethyl adjacent to an activating group) is 1. The van der Waals surface area contributed by atoms with Gasteiger partial charge in [0, 0.05) is 37.9 Å². The second kappa shape index (κ2) is 7.78. The molecule has 6 nitrogen and oxygen atoms in total. The van der Waals surface area contributed by atoms with Crippen LogP contribution < -0.4 is 10.1 Å². The molecule has 0 spiro atoms. The third-order valence-corrected chi connectivity index (χ3v) is 5.52. The molecular formula is C20H28N4O2. The van der Waals surface area contributed by atoms with E-state index in [0.29, 0.717) is 6.04 Å². The molecule has 2 aliphatic heterocycles. The Hall–Kier alpha value is -1.89. The maximum Gasteiger partial charge on any atom is 0.124 e. The summed E-state index contributed by atoms with van der Waals surface area (Å²) in [4.78, 5) is 2.37. The summed E-state index contributed by atoms with van der Waals surface area (Å²) in [5.74, 6) is 1.01. The maximum absolute atomic E-state index is 6.17. The zero-order chi connectivity index (χ0) is 17.9. The highest BCUT2D eigenvalue weighted by atomic mass is 16.5. The van der Waals surface area contributed by atoms with E-state index in [0.717, 1.165) is 44.9 Å². The van der Waals surface area contributed by atoms with Gasteiger partial charge in [-0.15, -0.1) is 0 Å². The van der Waals surface area contributed by atoms with Crippen LogP contribution in [0.3, 0.4) is 0 Å². The minimum atomic E-state index is 0.0977. The molecular weight excluding hydrogens is 328 g/mol. The molecule has 0 saturated carbocycles. The zero-order valence-electron chi connectivity index (χ0n) is 15.6. The van der Waals surface area contributed by atoms with Crippen molar-refractivity contribution >= 4 is 0 Å². The van der Waals surface area contributed by atoms with Gasteiger partial charge in [0.15, 0.2) is 0 Å². The van der Waals surface area contributed by atoms with Crippen LogP contribution in [-0.2, 0) is 11.8 Å². The van der Waals surface area contributed by atoms with Crippen LogP contribution in [0.4, 0.5) is 0 Å². The van der Waals surface area contributed by atoms with Gasteiger partial charge in [0.25, 0.3) is 0 Å². The quantitative estimate of drug-likeness (QED) is 0.911. The van der Waals surface area contributed by atoms with Crippen LogP contribution in [0.15, 0.2) is 36.5 Å². The molecule has 3 heterocycles. The first kappa shape index (κ1) is 17.5. The Morgan fingerprint density at radius 2 is 2.08 bits per heavy atom. The van der Waals surface area contributed by atoms with E-state index in [-0.39, 0.29) is 12.1 Å². The summed E-state index contributed by atoms with van der Waals surface area (Å²) in [6.45, 7) is 3.29. The lowest BCUT2D eigenvalue weighted by Gasteiger charge is -2.39. The second-order valence-electron chi connectivity index (χ2n) is 7.20. The number of aromatic nitrogens is 2. The SMILES string of the molecule is CN1CCO[C@@H](CNC2CCCOc3ccccc32)[C@@H]1c1ccnn1C. The van der Waals surface area contributed by atoms with Crippen LogP contribution in [0.1, 0.15) is 36.2 Å². The van der Waals surface area contributed by atoms with Crippen LogP contribution in [0.5, 0.6) is 5.75 Å². The van der Waals surface area contributed by atoms with Gasteiger partial charge in [-0.1, -0.05) is 18.2 Å². The number of rotatable bonds is 4. The van der Waals surface area contributed by atoms with E-state index in [4.69, 9.17) is 9.47 Å². The average molecular weight is 356 g/mol. The minimum absolute atomic E-state index is 0.0977. The number of nitrogens with zero attached hydrogens (tertiary/aromatic N) is 3. The predicted octanol–water partition coefficient (Wildman–Crippen LogP) is 2.30. The van der Waals surface area contributed by atoms with E-state index in [1.165, 1.54) is 11.3 Å². The van der Waals surface area contributed by atoms with Crippen molar-refractivity contribution in [3.8, 4) is 5.75 Å². The first-order valence-electron chi connectivity index (χ1n) is 9.49. The van der Waals surface area contributed by atoms with Gasteiger partial charge in [-0.05, 0) is 32.0 Å². The molecule has 0 amide bonds. The van der Waals surface area contributed by atoms with Gasteiger partial charge >= 0.3 is 0 Å². The summed E-state index contributed by atoms with van der Waals surface area (Å²) >= 11 is 0. The van der Waals surface area contributed by atoms with Crippen molar-refractivity contribution in [2.75, 3.05) is 33.4 Å². The fourth-order valence-electron chi connectivity index (χ4n) is 4.12. The normalized spacial score (nSPS) is 26.8. The van der Waals surface area contributed by atoms with E-state index in [1.54, 1.807) is 0 Å². The number of fused-ring (bicyclic) bond motifs is 1. The summed E-state index contributed by atoms with van der Waals surface area (Å²) in [6, 6.07) is 11.0. The maximum atomic E-state index is 6.17. The number of aryl methyl sites for hydroxylation is 1. The number of nitrogens with one attached hydrogen (secondary N) is 1. The number of ether oxygens (including phenoxy) is 2. The van der Waals surface area contributed by atoms with Gasteiger partial charge in [-0.2, -0.15) is 5.10 Å². The lowest BCUT2D eigenvalue weighted by atomic mass is 10.00. The molecule has 6 heteroatoms. The van der Waals surface area contributed by atoms with E-state index < -0.39 is 0 Å². The van der Waals surface area contributed by atoms with Crippen molar-refractivity contribution in [2.24, 2.45) is 7.05 Å². The molecule has 1 aromatic heterocycles. The third kappa shape index (κ3) is 3.49. The monoisotopic (exact) mass is 356 g/mol. The molecule has 4 rings (SSSR count). The number of hydrogen-bond donors (Lipinski definition) is 1. The molecule has 1 saturated heterocycles. The Kier molecular flexibility index (Phi) is 5.24. The predicted molar refractivity (Wildman–Crippen MR) is 100 cm³/mol. The summed E-state index contributed by atoms with van der Waals surface area (Å²) in [5.41, 5.74) is 2.45. The molecule has 3 atom stereocenters. The molecule has 0 aliphatic carbocycles. The Labute approximate surface area is 155 Å². The Morgan fingerprint density at radius 1 is 1.19 bits per heavy atom. The van der Waals surface area contributed by atoms with Crippen molar-refractivity contribution in [3.05, 3.63) is 47.8 Å². The lowest BCUT2D eigenvalue weighted by Crippen LogP contribution is -2.48. The fourth-order valence-corrected chi connectivity index (χ4v) is 4.12. The first-order valence-corrected chi connectivity index (χ1v) is 9.49. The lowest BCUT2D eigenvalue weighted by molar-refractivity contribution is -0.0648. The topological polar surface area (TPSA) is 51.6 Å². The highest BCUT2D eigenvalue weighted by molar-refractivity contribution is 5.36. The second-order valence-corrected chi connectivity index (χ2v) is 7.20. The van der Waals surface area contributed by atoms with Gasteiger partial charge in [-0.25, -0.2) is 0 Å². The highest BCUT2D eigenvalue weighted by Crippen LogP contribution is 2.32. The van der Waals surface area contributed by atoms with E-state index in [9.17, 15) is 0 Å². The van der Waals surface area contributed by atoms with Gasteiger partial charge in [-0.3, -0.25) is 9.58 Å². The molecule has 26 heavy (non-hydrogen) atoms. The largest absolute Gasteiger partial charge is 0.493 e. The molecule has 1 unspecified atom stereocenters.